The van der Waals surface area contributed by atoms with Gasteiger partial charge < -0.3 is 14.7 Å². The second-order valence-corrected chi connectivity index (χ2v) is 34.0. The standard InChI is InChI=1S/C92H40N2O4/c1-93(2)25-17-13-23(14-18-25)27-87(95)28(88(27)96)24-15-19-26(20-16-24)94(3)21-11-9-7-5-4-6-8-10-12-22-98-90(97)89-91-83-75-67-57-47-39-31-29-30-33-37-35(31)43-51-45(37)55-49-41(33)42-34(30)38-36-32(29)40(39)48-54-44(36)52-46(38)56-50(42)60-59(49)69-63(55)73-65(51)71(61(67)53(43)47)79(83)81(73)85-77(69)78-70(60)64(56)74-66(52)72-62(54)68(58(48)57)76(75)84(91)80(72)82(74)86(78)92(85,89)91/h13-20,89H,4-12,21-22H2,1-3H3/p+1. The van der Waals surface area contributed by atoms with Gasteiger partial charge in [0.1, 0.15) is 19.9 Å². The Morgan fingerprint density at radius 3 is 0.918 bits per heavy atom. The van der Waals surface area contributed by atoms with Crippen molar-refractivity contribution in [2.24, 2.45) is 5.92 Å². The van der Waals surface area contributed by atoms with Gasteiger partial charge in [-0.2, -0.15) is 0 Å². The molecule has 36 rings (SSSR count). The van der Waals surface area contributed by atoms with Crippen LogP contribution in [0.4, 0.5) is 5.69 Å². The van der Waals surface area contributed by atoms with Gasteiger partial charge in [0.2, 0.25) is 5.78 Å². The summed E-state index contributed by atoms with van der Waals surface area (Å²) in [6.45, 7) is 1.46. The Balaban J connectivity index is 0.499. The highest BCUT2D eigenvalue weighted by atomic mass is 16.5. The molecule has 1 N–H and O–H groups in total. The van der Waals surface area contributed by atoms with Gasteiger partial charge in [0.15, 0.2) is 5.71 Å². The van der Waals surface area contributed by atoms with Crippen molar-refractivity contribution in [2.75, 3.05) is 39.2 Å². The molecule has 7 aliphatic carbocycles. The zero-order valence-electron chi connectivity index (χ0n) is 53.0. The minimum Gasteiger partial charge on any atom is -0.506 e. The predicted molar refractivity (Wildman–Crippen MR) is 407 cm³/mol. The molecule has 1 fully saturated rings. The van der Waals surface area contributed by atoms with Crippen LogP contribution in [0.2, 0.25) is 0 Å². The lowest BCUT2D eigenvalue weighted by Crippen LogP contribution is -2.27. The molecule has 0 radical (unpaired) electrons. The molecule has 0 unspecified atom stereocenters. The van der Waals surface area contributed by atoms with E-state index in [1.165, 1.54) is 38.5 Å². The molecule has 0 bridgehead atoms. The molecule has 29 aromatic rings. The summed E-state index contributed by atoms with van der Waals surface area (Å²) in [7, 11) is 6.13. The number of carbonyl (C=O) groups excluding carboxylic acids is 2. The topological polar surface area (TPSA) is 69.8 Å². The van der Waals surface area contributed by atoms with Gasteiger partial charge in [0, 0.05) is 31.4 Å². The third kappa shape index (κ3) is 3.06. The van der Waals surface area contributed by atoms with E-state index >= 15 is 4.79 Å². The molecule has 442 valence electrons. The fourth-order valence-electron chi connectivity index (χ4n) is 29.6. The van der Waals surface area contributed by atoms with Crippen LogP contribution in [-0.4, -0.2) is 61.4 Å². The number of aliphatic hydroxyl groups is 1. The fraction of sp³-hybridized carbons (Fsp3) is 0.185. The van der Waals surface area contributed by atoms with E-state index in [2.05, 4.69) is 24.1 Å². The number of esters is 1. The van der Waals surface area contributed by atoms with E-state index in [9.17, 15) is 9.90 Å². The van der Waals surface area contributed by atoms with Crippen LogP contribution in [-0.2, 0) is 25.2 Å². The average molecular weight is 1240 g/mol. The Labute approximate surface area is 547 Å². The third-order valence-corrected chi connectivity index (χ3v) is 31.5. The maximum atomic E-state index is 16.8. The molecular formula is C92H41N2O4+. The molecule has 0 saturated heterocycles. The van der Waals surface area contributed by atoms with Crippen LogP contribution < -0.4 is 4.90 Å². The Morgan fingerprint density at radius 1 is 0.378 bits per heavy atom. The number of rotatable bonds is 15. The van der Waals surface area contributed by atoms with Gasteiger partial charge in [-0.25, -0.2) is 4.58 Å². The number of carbonyl (C=O) groups is 2. The van der Waals surface area contributed by atoms with Gasteiger partial charge >= 0.3 is 5.97 Å². The van der Waals surface area contributed by atoms with Crippen molar-refractivity contribution >= 4 is 320 Å². The summed E-state index contributed by atoms with van der Waals surface area (Å²) in [5.74, 6) is -0.279. The number of hydrogen-bond acceptors (Lipinski definition) is 5. The Bertz CT molecular complexity index is 8180. The van der Waals surface area contributed by atoms with Crippen LogP contribution >= 0.6 is 0 Å². The highest BCUT2D eigenvalue weighted by Gasteiger charge is 2.89. The Hall–Kier alpha value is -11.0. The Morgan fingerprint density at radius 2 is 0.643 bits per heavy atom. The van der Waals surface area contributed by atoms with E-state index in [1.807, 2.05) is 55.1 Å². The molecule has 0 heterocycles. The maximum absolute atomic E-state index is 16.8. The number of anilines is 1. The summed E-state index contributed by atoms with van der Waals surface area (Å²) in [4.78, 5) is 32.4. The van der Waals surface area contributed by atoms with Crippen LogP contribution in [0.1, 0.15) is 85.6 Å². The smallest absolute Gasteiger partial charge is 0.311 e. The number of unbranched alkanes of at least 4 members (excludes halogenated alkanes) is 8. The molecule has 0 atom stereocenters. The van der Waals surface area contributed by atoms with Gasteiger partial charge in [-0.05, 0) is 361 Å². The average Bonchev–Trinajstić information content (AvgIpc) is 1.37. The van der Waals surface area contributed by atoms with E-state index < -0.39 is 10.8 Å². The summed E-state index contributed by atoms with van der Waals surface area (Å²) in [5.41, 5.74) is 9.64. The van der Waals surface area contributed by atoms with E-state index in [1.54, 1.807) is 313 Å². The second-order valence-electron chi connectivity index (χ2n) is 34.0. The first kappa shape index (κ1) is 44.0. The number of ether oxygens (including phenoxy) is 1. The highest BCUT2D eigenvalue weighted by molar-refractivity contribution is 6.82. The number of benzene rings is 19. The van der Waals surface area contributed by atoms with Gasteiger partial charge in [-0.3, -0.25) is 9.59 Å². The number of ketones is 1. The van der Waals surface area contributed by atoms with Gasteiger partial charge in [0.25, 0.3) is 0 Å². The largest absolute Gasteiger partial charge is 0.506 e. The monoisotopic (exact) mass is 1240 g/mol. The fourth-order valence-corrected chi connectivity index (χ4v) is 29.6. The minimum absolute atomic E-state index is 0.0706. The van der Waals surface area contributed by atoms with Crippen molar-refractivity contribution in [3.63, 3.8) is 0 Å². The number of Topliss-reactive ketones (excluding diaryl/α,β-unsaturated/α-hetero) is 1. The summed E-state index contributed by atoms with van der Waals surface area (Å²) in [6.07, 6.45) is 18.1. The molecule has 0 aromatic heterocycles. The number of nitrogens with zero attached hydrogens (tertiary/aromatic N) is 2. The molecule has 6 nitrogen and oxygen atoms in total. The molecular weight excluding hydrogens is 1200 g/mol. The van der Waals surface area contributed by atoms with Gasteiger partial charge in [-0.15, -0.1) is 0 Å². The summed E-state index contributed by atoms with van der Waals surface area (Å²) in [5, 5.41) is 96.8. The molecule has 0 amide bonds. The second kappa shape index (κ2) is 11.7. The normalized spacial score (nSPS) is 21.4. The molecule has 7 aliphatic rings. The van der Waals surface area contributed by atoms with Crippen molar-refractivity contribution in [1.29, 1.82) is 0 Å². The van der Waals surface area contributed by atoms with Crippen molar-refractivity contribution in [1.82, 2.24) is 0 Å². The quantitative estimate of drug-likeness (QED) is 0.0364. The minimum atomic E-state index is -0.539. The zero-order chi connectivity index (χ0) is 61.6. The first-order chi connectivity index (χ1) is 48.4. The van der Waals surface area contributed by atoms with Crippen molar-refractivity contribution < 1.29 is 24.0 Å². The molecule has 98 heavy (non-hydrogen) atoms. The SMILES string of the molecule is CN(CCCCCCCCCCCOC(=O)C1C23c4c5c6c7c8c9c(c%10c%11c2c2c4c4c%12c5c5c6c6c8c8c%13c9c9c%10c%10c%11c%11c2c2c4c4c%12c%12c5c5c6c8c6c8c%13c9c9c%10c%10c%11c2c2c4c4c%12c5c6c5c8c9c%10c2c45)C713)c1ccc(C2=C(O)C(=C3C=CC(=[N+](C)C)C=C3)C2=O)cc1. The molecule has 6 heteroatoms. The van der Waals surface area contributed by atoms with Crippen molar-refractivity contribution in [2.45, 2.75) is 68.6 Å². The highest BCUT2D eigenvalue weighted by Crippen LogP contribution is 2.92. The summed E-state index contributed by atoms with van der Waals surface area (Å²) >= 11 is 0. The number of allylic oxidation sites excluding steroid dienone is 7. The van der Waals surface area contributed by atoms with Crippen LogP contribution in [0.15, 0.2) is 65.5 Å². The Kier molecular flexibility index (Phi) is 5.23. The lowest BCUT2D eigenvalue weighted by molar-refractivity contribution is -0.462. The van der Waals surface area contributed by atoms with E-state index in [4.69, 9.17) is 4.74 Å². The van der Waals surface area contributed by atoms with Crippen LogP contribution in [0.5, 0.6) is 0 Å². The van der Waals surface area contributed by atoms with E-state index in [0.29, 0.717) is 17.8 Å². The first-order valence-electron chi connectivity index (χ1n) is 36.7. The third-order valence-electron chi connectivity index (χ3n) is 31.5. The molecule has 2 spiro atoms. The lowest BCUT2D eigenvalue weighted by Gasteiger charge is -2.32. The zero-order valence-corrected chi connectivity index (χ0v) is 53.0. The number of hydrogen-bond donors (Lipinski definition) is 1. The lowest BCUT2D eigenvalue weighted by atomic mass is 9.68. The summed E-state index contributed by atoms with van der Waals surface area (Å²) < 4.78 is 9.14. The van der Waals surface area contributed by atoms with Crippen LogP contribution in [0.3, 0.4) is 0 Å². The van der Waals surface area contributed by atoms with Crippen molar-refractivity contribution in [3.8, 4) is 0 Å². The van der Waals surface area contributed by atoms with Gasteiger partial charge in [-0.1, -0.05) is 57.1 Å². The molecule has 29 aromatic carbocycles. The van der Waals surface area contributed by atoms with Crippen molar-refractivity contribution in [3.05, 3.63) is 93.3 Å². The summed E-state index contributed by atoms with van der Waals surface area (Å²) in [6, 6.07) is 8.07. The van der Waals surface area contributed by atoms with E-state index in [0.717, 1.165) is 48.3 Å². The van der Waals surface area contributed by atoms with Crippen LogP contribution in [0.25, 0.3) is 296 Å². The maximum Gasteiger partial charge on any atom is 0.311 e. The molecule has 0 aliphatic heterocycles. The van der Waals surface area contributed by atoms with E-state index in [-0.39, 0.29) is 23.4 Å². The number of aliphatic hydroxyl groups excluding tert-OH is 1. The first-order valence-corrected chi connectivity index (χ1v) is 36.7. The van der Waals surface area contributed by atoms with Gasteiger partial charge in [0.05, 0.1) is 34.5 Å². The van der Waals surface area contributed by atoms with Crippen LogP contribution in [0, 0.1) is 5.92 Å². The molecule has 1 saturated carbocycles. The predicted octanol–water partition coefficient (Wildman–Crippen LogP) is 22.1.